The maximum Gasteiger partial charge on any atom is 0.217 e. The van der Waals surface area contributed by atoms with Crippen LogP contribution >= 0.6 is 0 Å². The summed E-state index contributed by atoms with van der Waals surface area (Å²) in [7, 11) is -3.26. The largest absolute Gasteiger partial charge is 0.370 e. The molecule has 0 aliphatic heterocycles. The minimum atomic E-state index is -3.26. The topological polar surface area (TPSA) is 89.3 Å². The average Bonchev–Trinajstić information content (AvgIpc) is 2.00. The van der Waals surface area contributed by atoms with Crippen LogP contribution < -0.4 is 10.5 Å². The van der Waals surface area contributed by atoms with E-state index in [2.05, 4.69) is 4.72 Å². The Morgan fingerprint density at radius 3 is 2.20 bits per heavy atom. The van der Waals surface area contributed by atoms with Crippen LogP contribution in [0.3, 0.4) is 0 Å². The summed E-state index contributed by atoms with van der Waals surface area (Å²) >= 11 is 0. The Hall–Kier alpha value is -0.620. The van der Waals surface area contributed by atoms with Crippen molar-refractivity contribution >= 4 is 15.9 Å². The third kappa shape index (κ3) is 5.74. The molecular formula is C9H20N2O3S. The van der Waals surface area contributed by atoms with Crippen LogP contribution in [0, 0.1) is 0 Å². The highest BCUT2D eigenvalue weighted by molar-refractivity contribution is 7.90. The molecule has 0 saturated heterocycles. The van der Waals surface area contributed by atoms with Crippen LogP contribution in [0.5, 0.6) is 0 Å². The summed E-state index contributed by atoms with van der Waals surface area (Å²) in [5, 5.41) is 0. The van der Waals surface area contributed by atoms with E-state index in [1.807, 2.05) is 0 Å². The molecule has 90 valence electrons. The van der Waals surface area contributed by atoms with Crippen LogP contribution in [-0.4, -0.2) is 25.6 Å². The molecule has 1 amide bonds. The standard InChI is InChI=1S/C9H20N2O3S/c1-9(2,3)15(13,14)11-7-5-4-6-8(10)12/h11H,4-7H2,1-3H3,(H2,10,12). The van der Waals surface area contributed by atoms with Gasteiger partial charge in [0.15, 0.2) is 0 Å². The highest BCUT2D eigenvalue weighted by Gasteiger charge is 2.27. The maximum atomic E-state index is 11.5. The van der Waals surface area contributed by atoms with Gasteiger partial charge in [-0.2, -0.15) is 0 Å². The zero-order valence-electron chi connectivity index (χ0n) is 9.54. The second-order valence-corrected chi connectivity index (χ2v) is 6.95. The van der Waals surface area contributed by atoms with Crippen molar-refractivity contribution in [3.05, 3.63) is 0 Å². The molecular weight excluding hydrogens is 216 g/mol. The first-order chi connectivity index (χ1) is 6.67. The zero-order chi connectivity index (χ0) is 12.1. The summed E-state index contributed by atoms with van der Waals surface area (Å²) in [6.45, 7) is 5.27. The van der Waals surface area contributed by atoms with Crippen LogP contribution in [0.4, 0.5) is 0 Å². The molecule has 0 aliphatic carbocycles. The zero-order valence-corrected chi connectivity index (χ0v) is 10.4. The minimum Gasteiger partial charge on any atom is -0.370 e. The summed E-state index contributed by atoms with van der Waals surface area (Å²) in [6.07, 6.45) is 1.54. The number of carbonyl (C=O) groups is 1. The lowest BCUT2D eigenvalue weighted by molar-refractivity contribution is -0.118. The van der Waals surface area contributed by atoms with Crippen LogP contribution in [0.2, 0.25) is 0 Å². The molecule has 0 bridgehead atoms. The average molecular weight is 236 g/mol. The van der Waals surface area contributed by atoms with Crippen molar-refractivity contribution in [3.63, 3.8) is 0 Å². The molecule has 0 atom stereocenters. The summed E-state index contributed by atoms with van der Waals surface area (Å²) in [5.41, 5.74) is 4.95. The molecule has 0 saturated carbocycles. The molecule has 6 heteroatoms. The number of hydrogen-bond acceptors (Lipinski definition) is 3. The van der Waals surface area contributed by atoms with Gasteiger partial charge < -0.3 is 5.73 Å². The summed E-state index contributed by atoms with van der Waals surface area (Å²) in [5.74, 6) is -0.353. The van der Waals surface area contributed by atoms with Crippen molar-refractivity contribution in [3.8, 4) is 0 Å². The molecule has 0 spiro atoms. The van der Waals surface area contributed by atoms with E-state index in [4.69, 9.17) is 5.73 Å². The van der Waals surface area contributed by atoms with Crippen LogP contribution in [0.1, 0.15) is 40.0 Å². The van der Waals surface area contributed by atoms with E-state index < -0.39 is 14.8 Å². The summed E-state index contributed by atoms with van der Waals surface area (Å²) < 4.78 is 24.8. The molecule has 3 N–H and O–H groups in total. The van der Waals surface area contributed by atoms with Gasteiger partial charge in [0.25, 0.3) is 0 Å². The number of nitrogens with two attached hydrogens (primary N) is 1. The number of nitrogens with one attached hydrogen (secondary N) is 1. The predicted molar refractivity (Wildman–Crippen MR) is 59.7 cm³/mol. The maximum absolute atomic E-state index is 11.5. The number of hydrogen-bond donors (Lipinski definition) is 2. The molecule has 0 aliphatic rings. The van der Waals surface area contributed by atoms with E-state index in [-0.39, 0.29) is 5.91 Å². The highest BCUT2D eigenvalue weighted by Crippen LogP contribution is 2.12. The van der Waals surface area contributed by atoms with Crippen LogP contribution in [-0.2, 0) is 14.8 Å². The predicted octanol–water partition coefficient (Wildman–Crippen LogP) is 0.360. The van der Waals surface area contributed by atoms with Crippen LogP contribution in [0.25, 0.3) is 0 Å². The van der Waals surface area contributed by atoms with Crippen molar-refractivity contribution < 1.29 is 13.2 Å². The fourth-order valence-corrected chi connectivity index (χ4v) is 1.69. The Balaban J connectivity index is 3.83. The van der Waals surface area contributed by atoms with E-state index in [0.29, 0.717) is 25.8 Å². The molecule has 0 radical (unpaired) electrons. The Kier molecular flexibility index (Phi) is 5.23. The van der Waals surface area contributed by atoms with Crippen molar-refractivity contribution in [1.29, 1.82) is 0 Å². The number of primary amides is 1. The third-order valence-electron chi connectivity index (χ3n) is 1.95. The fourth-order valence-electron chi connectivity index (χ4n) is 0.847. The van der Waals surface area contributed by atoms with Gasteiger partial charge in [-0.25, -0.2) is 13.1 Å². The molecule has 0 aromatic carbocycles. The smallest absolute Gasteiger partial charge is 0.217 e. The lowest BCUT2D eigenvalue weighted by Crippen LogP contribution is -2.39. The molecule has 5 nitrogen and oxygen atoms in total. The van der Waals surface area contributed by atoms with Gasteiger partial charge in [0.2, 0.25) is 15.9 Å². The van der Waals surface area contributed by atoms with Gasteiger partial charge in [-0.05, 0) is 33.6 Å². The van der Waals surface area contributed by atoms with Gasteiger partial charge in [-0.3, -0.25) is 4.79 Å². The first kappa shape index (κ1) is 14.4. The molecule has 15 heavy (non-hydrogen) atoms. The number of unbranched alkanes of at least 4 members (excludes halogenated alkanes) is 1. The van der Waals surface area contributed by atoms with Crippen molar-refractivity contribution in [1.82, 2.24) is 4.72 Å². The van der Waals surface area contributed by atoms with Crippen molar-refractivity contribution in [2.45, 2.75) is 44.8 Å². The SMILES string of the molecule is CC(C)(C)S(=O)(=O)NCCCCC(N)=O. The van der Waals surface area contributed by atoms with Gasteiger partial charge in [0.1, 0.15) is 0 Å². The summed E-state index contributed by atoms with van der Waals surface area (Å²) in [6, 6.07) is 0. The van der Waals surface area contributed by atoms with E-state index in [1.165, 1.54) is 0 Å². The van der Waals surface area contributed by atoms with Gasteiger partial charge >= 0.3 is 0 Å². The van der Waals surface area contributed by atoms with Gasteiger partial charge in [0, 0.05) is 13.0 Å². The number of rotatable bonds is 6. The number of carbonyl (C=O) groups excluding carboxylic acids is 1. The van der Waals surface area contributed by atoms with E-state index >= 15 is 0 Å². The number of amides is 1. The molecule has 0 unspecified atom stereocenters. The number of sulfonamides is 1. The highest BCUT2D eigenvalue weighted by atomic mass is 32.2. The monoisotopic (exact) mass is 236 g/mol. The van der Waals surface area contributed by atoms with Gasteiger partial charge in [-0.15, -0.1) is 0 Å². The lowest BCUT2D eigenvalue weighted by Gasteiger charge is -2.19. The van der Waals surface area contributed by atoms with Crippen molar-refractivity contribution in [2.75, 3.05) is 6.54 Å². The quantitative estimate of drug-likeness (QED) is 0.652. The first-order valence-electron chi connectivity index (χ1n) is 4.94. The molecule has 0 heterocycles. The molecule has 0 fully saturated rings. The third-order valence-corrected chi connectivity index (χ3v) is 4.14. The van der Waals surface area contributed by atoms with E-state index in [9.17, 15) is 13.2 Å². The lowest BCUT2D eigenvalue weighted by atomic mass is 10.2. The second-order valence-electron chi connectivity index (χ2n) is 4.43. The Bertz CT molecular complexity index is 304. The summed E-state index contributed by atoms with van der Waals surface area (Å²) in [4.78, 5) is 10.4. The normalized spacial score (nSPS) is 12.7. The Morgan fingerprint density at radius 1 is 1.27 bits per heavy atom. The van der Waals surface area contributed by atoms with E-state index in [0.717, 1.165) is 0 Å². The van der Waals surface area contributed by atoms with Gasteiger partial charge in [-0.1, -0.05) is 0 Å². The minimum absolute atomic E-state index is 0.303. The Labute approximate surface area is 91.5 Å². The molecule has 0 rings (SSSR count). The van der Waals surface area contributed by atoms with Crippen LogP contribution in [0.15, 0.2) is 0 Å². The Morgan fingerprint density at radius 2 is 1.80 bits per heavy atom. The second kappa shape index (κ2) is 5.46. The van der Waals surface area contributed by atoms with E-state index in [1.54, 1.807) is 20.8 Å². The van der Waals surface area contributed by atoms with Crippen molar-refractivity contribution in [2.24, 2.45) is 5.73 Å². The fraction of sp³-hybridized carbons (Fsp3) is 0.889. The van der Waals surface area contributed by atoms with Gasteiger partial charge in [0.05, 0.1) is 4.75 Å². The molecule has 0 aromatic heterocycles. The first-order valence-corrected chi connectivity index (χ1v) is 6.42. The molecule has 0 aromatic rings.